The van der Waals surface area contributed by atoms with E-state index < -0.39 is 11.9 Å². The molecule has 222 valence electrons. The fraction of sp³-hybridized carbons (Fsp3) is 0.114. The van der Waals surface area contributed by atoms with Crippen LogP contribution < -0.4 is 14.8 Å². The van der Waals surface area contributed by atoms with Crippen LogP contribution in [0.3, 0.4) is 0 Å². The maximum absolute atomic E-state index is 12.3. The molecular formula is C35H31N3O6. The maximum Gasteiger partial charge on any atom is 0.354 e. The van der Waals surface area contributed by atoms with Gasteiger partial charge in [-0.1, -0.05) is 60.7 Å². The van der Waals surface area contributed by atoms with Crippen molar-refractivity contribution in [2.24, 2.45) is 0 Å². The molecule has 0 amide bonds. The van der Waals surface area contributed by atoms with Crippen LogP contribution in [0.1, 0.15) is 0 Å². The van der Waals surface area contributed by atoms with E-state index in [4.69, 9.17) is 19.2 Å². The summed E-state index contributed by atoms with van der Waals surface area (Å²) in [5, 5.41) is 2.96. The zero-order valence-corrected chi connectivity index (χ0v) is 24.7. The standard InChI is InChI=1S/C35H31N3O6/c1-41-29-20-15-25(21-30(29)42-2)34-37-32(23-11-7-5-8-12-23)33(24-13-9-6-10-14-24)38(34)27-18-16-26(17-19-27)36-28(35(40)44-4)22-31(39)43-3/h5-22,36H,1-4H3/b28-22+. The third kappa shape index (κ3) is 6.17. The monoisotopic (exact) mass is 589 g/mol. The van der Waals surface area contributed by atoms with Gasteiger partial charge in [0.1, 0.15) is 11.5 Å². The molecule has 0 radical (unpaired) electrons. The molecule has 1 aromatic heterocycles. The molecule has 9 nitrogen and oxygen atoms in total. The number of hydrogen-bond acceptors (Lipinski definition) is 8. The molecule has 0 fully saturated rings. The molecule has 0 atom stereocenters. The van der Waals surface area contributed by atoms with Crippen molar-refractivity contribution in [3.63, 3.8) is 0 Å². The Hall–Kier alpha value is -5.83. The summed E-state index contributed by atoms with van der Waals surface area (Å²) in [5.41, 5.74) is 5.76. The molecule has 5 rings (SSSR count). The molecule has 0 aliphatic heterocycles. The van der Waals surface area contributed by atoms with Gasteiger partial charge >= 0.3 is 11.9 Å². The second-order valence-corrected chi connectivity index (χ2v) is 9.51. The number of hydrogen-bond donors (Lipinski definition) is 1. The topological polar surface area (TPSA) is 101 Å². The number of carbonyl (C=O) groups excluding carboxylic acids is 2. The number of benzene rings is 4. The molecular weight excluding hydrogens is 558 g/mol. The number of anilines is 1. The first-order chi connectivity index (χ1) is 21.5. The Morgan fingerprint density at radius 3 is 1.93 bits per heavy atom. The molecule has 5 aromatic rings. The summed E-state index contributed by atoms with van der Waals surface area (Å²) >= 11 is 0. The molecule has 0 saturated carbocycles. The van der Waals surface area contributed by atoms with E-state index >= 15 is 0 Å². The number of nitrogens with zero attached hydrogens (tertiary/aromatic N) is 2. The first kappa shape index (κ1) is 29.7. The van der Waals surface area contributed by atoms with Crippen LogP contribution in [0.15, 0.2) is 115 Å². The number of aromatic nitrogens is 2. The number of nitrogens with one attached hydrogen (secondary N) is 1. The van der Waals surface area contributed by atoms with E-state index in [1.165, 1.54) is 14.2 Å². The van der Waals surface area contributed by atoms with Gasteiger partial charge in [0.2, 0.25) is 0 Å². The number of rotatable bonds is 10. The van der Waals surface area contributed by atoms with Crippen LogP contribution in [0.2, 0.25) is 0 Å². The Morgan fingerprint density at radius 1 is 0.705 bits per heavy atom. The first-order valence-corrected chi connectivity index (χ1v) is 13.7. The number of methoxy groups -OCH3 is 4. The largest absolute Gasteiger partial charge is 0.493 e. The van der Waals surface area contributed by atoms with E-state index in [0.717, 1.165) is 39.8 Å². The molecule has 0 aliphatic carbocycles. The molecule has 0 spiro atoms. The highest BCUT2D eigenvalue weighted by Crippen LogP contribution is 2.40. The van der Waals surface area contributed by atoms with Crippen molar-refractivity contribution in [2.75, 3.05) is 33.8 Å². The van der Waals surface area contributed by atoms with Crippen LogP contribution in [0.25, 0.3) is 39.6 Å². The van der Waals surface area contributed by atoms with Gasteiger partial charge in [0.05, 0.1) is 45.9 Å². The third-order valence-electron chi connectivity index (χ3n) is 6.89. The van der Waals surface area contributed by atoms with Crippen molar-refractivity contribution in [1.82, 2.24) is 9.55 Å². The minimum atomic E-state index is -0.705. The summed E-state index contributed by atoms with van der Waals surface area (Å²) in [7, 11) is 5.67. The third-order valence-corrected chi connectivity index (χ3v) is 6.89. The van der Waals surface area contributed by atoms with Gasteiger partial charge in [-0.15, -0.1) is 0 Å². The lowest BCUT2D eigenvalue weighted by molar-refractivity contribution is -0.138. The molecule has 4 aromatic carbocycles. The molecule has 1 N–H and O–H groups in total. The van der Waals surface area contributed by atoms with E-state index in [-0.39, 0.29) is 5.70 Å². The number of ether oxygens (including phenoxy) is 4. The van der Waals surface area contributed by atoms with Crippen molar-refractivity contribution in [3.05, 3.63) is 115 Å². The van der Waals surface area contributed by atoms with Gasteiger partial charge in [-0.05, 0) is 42.5 Å². The normalized spacial score (nSPS) is 11.0. The highest BCUT2D eigenvalue weighted by Gasteiger charge is 2.23. The Balaban J connectivity index is 1.71. The van der Waals surface area contributed by atoms with E-state index in [1.54, 1.807) is 26.4 Å². The minimum absolute atomic E-state index is 0.0583. The summed E-state index contributed by atoms with van der Waals surface area (Å²) in [6.45, 7) is 0. The minimum Gasteiger partial charge on any atom is -0.493 e. The second kappa shape index (κ2) is 13.4. The van der Waals surface area contributed by atoms with Gasteiger partial charge in [0.15, 0.2) is 11.5 Å². The lowest BCUT2D eigenvalue weighted by atomic mass is 10.0. The number of imidazole rings is 1. The first-order valence-electron chi connectivity index (χ1n) is 13.7. The zero-order chi connectivity index (χ0) is 31.1. The Bertz CT molecular complexity index is 1800. The van der Waals surface area contributed by atoms with Crippen LogP contribution >= 0.6 is 0 Å². The Kier molecular flexibility index (Phi) is 9.05. The van der Waals surface area contributed by atoms with Crippen LogP contribution in [0.4, 0.5) is 5.69 Å². The fourth-order valence-electron chi connectivity index (χ4n) is 4.78. The van der Waals surface area contributed by atoms with E-state index in [2.05, 4.69) is 26.8 Å². The highest BCUT2D eigenvalue weighted by molar-refractivity contribution is 5.98. The van der Waals surface area contributed by atoms with Crippen LogP contribution in [-0.2, 0) is 19.1 Å². The molecule has 0 aliphatic rings. The molecule has 0 unspecified atom stereocenters. The molecule has 9 heteroatoms. The molecule has 44 heavy (non-hydrogen) atoms. The van der Waals surface area contributed by atoms with Gasteiger partial charge in [-0.2, -0.15) is 0 Å². The Morgan fingerprint density at radius 2 is 1.34 bits per heavy atom. The summed E-state index contributed by atoms with van der Waals surface area (Å²) in [4.78, 5) is 29.4. The van der Waals surface area contributed by atoms with Gasteiger partial charge in [0.25, 0.3) is 0 Å². The van der Waals surface area contributed by atoms with Crippen molar-refractivity contribution in [3.8, 4) is 51.1 Å². The Labute approximate surface area is 255 Å². The maximum atomic E-state index is 12.3. The van der Waals surface area contributed by atoms with Crippen LogP contribution in [-0.4, -0.2) is 49.9 Å². The van der Waals surface area contributed by atoms with Crippen molar-refractivity contribution in [1.29, 1.82) is 0 Å². The lowest BCUT2D eigenvalue weighted by Gasteiger charge is -2.16. The van der Waals surface area contributed by atoms with Crippen LogP contribution in [0.5, 0.6) is 11.5 Å². The van der Waals surface area contributed by atoms with Crippen molar-refractivity contribution in [2.45, 2.75) is 0 Å². The molecule has 0 saturated heterocycles. The SMILES string of the molecule is COC(=O)/C=C(/Nc1ccc(-n2c(-c3ccc(OC)c(OC)c3)nc(-c3ccccc3)c2-c2ccccc2)cc1)C(=O)OC. The average Bonchev–Trinajstić information content (AvgIpc) is 3.49. The van der Waals surface area contributed by atoms with Crippen LogP contribution in [0, 0.1) is 0 Å². The average molecular weight is 590 g/mol. The number of carbonyl (C=O) groups is 2. The molecule has 0 bridgehead atoms. The highest BCUT2D eigenvalue weighted by atomic mass is 16.5. The summed E-state index contributed by atoms with van der Waals surface area (Å²) in [6, 6.07) is 33.2. The number of esters is 2. The van der Waals surface area contributed by atoms with Gasteiger partial charge in [-0.3, -0.25) is 4.57 Å². The van der Waals surface area contributed by atoms with Gasteiger partial charge < -0.3 is 24.3 Å². The summed E-state index contributed by atoms with van der Waals surface area (Å²) in [6.07, 6.45) is 1.05. The fourth-order valence-corrected chi connectivity index (χ4v) is 4.78. The lowest BCUT2D eigenvalue weighted by Crippen LogP contribution is -2.15. The van der Waals surface area contributed by atoms with Gasteiger partial charge in [0, 0.05) is 28.1 Å². The van der Waals surface area contributed by atoms with E-state index in [9.17, 15) is 9.59 Å². The van der Waals surface area contributed by atoms with E-state index in [0.29, 0.717) is 23.0 Å². The molecule has 1 heterocycles. The van der Waals surface area contributed by atoms with E-state index in [1.807, 2.05) is 78.9 Å². The van der Waals surface area contributed by atoms with Crippen molar-refractivity contribution >= 4 is 17.6 Å². The van der Waals surface area contributed by atoms with Gasteiger partial charge in [-0.25, -0.2) is 14.6 Å². The predicted molar refractivity (Wildman–Crippen MR) is 169 cm³/mol. The second-order valence-electron chi connectivity index (χ2n) is 9.51. The zero-order valence-electron chi connectivity index (χ0n) is 24.7. The quantitative estimate of drug-likeness (QED) is 0.145. The summed E-state index contributed by atoms with van der Waals surface area (Å²) < 4.78 is 22.7. The summed E-state index contributed by atoms with van der Waals surface area (Å²) in [5.74, 6) is 0.481. The van der Waals surface area contributed by atoms with Crippen molar-refractivity contribution < 1.29 is 28.5 Å². The predicted octanol–water partition coefficient (Wildman–Crippen LogP) is 6.53. The smallest absolute Gasteiger partial charge is 0.354 e.